The zero-order valence-electron chi connectivity index (χ0n) is 12.3. The highest BCUT2D eigenvalue weighted by atomic mass is 32.1. The van der Waals surface area contributed by atoms with Gasteiger partial charge in [-0.1, -0.05) is 0 Å². The van der Waals surface area contributed by atoms with Gasteiger partial charge in [0.2, 0.25) is 5.91 Å². The van der Waals surface area contributed by atoms with Gasteiger partial charge in [0.15, 0.2) is 0 Å². The third-order valence-corrected chi connectivity index (χ3v) is 4.48. The zero-order valence-corrected chi connectivity index (χ0v) is 13.2. The van der Waals surface area contributed by atoms with Gasteiger partial charge in [-0.2, -0.15) is 0 Å². The molecule has 1 aromatic rings. The normalized spacial score (nSPS) is 17.6. The van der Waals surface area contributed by atoms with Gasteiger partial charge in [0.05, 0.1) is 12.6 Å². The molecule has 0 spiro atoms. The SMILES string of the molecule is CNC(=O)CN1CCN(C(=O)c2csc(C(C)N)n2)CC1. The minimum atomic E-state index is -0.152. The molecule has 0 saturated carbocycles. The van der Waals surface area contributed by atoms with Gasteiger partial charge in [0, 0.05) is 38.6 Å². The second-order valence-corrected chi connectivity index (χ2v) is 5.99. The summed E-state index contributed by atoms with van der Waals surface area (Å²) < 4.78 is 0. The number of hydrogen-bond donors (Lipinski definition) is 2. The molecule has 1 atom stereocenters. The van der Waals surface area contributed by atoms with Crippen molar-refractivity contribution in [3.8, 4) is 0 Å². The zero-order chi connectivity index (χ0) is 15.4. The number of thiazole rings is 1. The molecule has 21 heavy (non-hydrogen) atoms. The minimum absolute atomic E-state index is 0.00384. The summed E-state index contributed by atoms with van der Waals surface area (Å²) in [6, 6.07) is -0.152. The fraction of sp³-hybridized carbons (Fsp3) is 0.615. The average molecular weight is 311 g/mol. The Bertz CT molecular complexity index is 508. The highest BCUT2D eigenvalue weighted by molar-refractivity contribution is 7.09. The predicted molar refractivity (Wildman–Crippen MR) is 81.1 cm³/mol. The summed E-state index contributed by atoms with van der Waals surface area (Å²) in [5.41, 5.74) is 6.23. The van der Waals surface area contributed by atoms with Crippen molar-refractivity contribution in [2.24, 2.45) is 5.73 Å². The number of likely N-dealkylation sites (N-methyl/N-ethyl adjacent to an activating group) is 1. The standard InChI is InChI=1S/C13H21N5O2S/c1-9(14)12-16-10(8-21-12)13(20)18-5-3-17(4-6-18)7-11(19)15-2/h8-9H,3-7,14H2,1-2H3,(H,15,19). The topological polar surface area (TPSA) is 91.6 Å². The van der Waals surface area contributed by atoms with Crippen molar-refractivity contribution >= 4 is 23.2 Å². The molecule has 0 aromatic carbocycles. The summed E-state index contributed by atoms with van der Waals surface area (Å²) in [5, 5.41) is 5.14. The highest BCUT2D eigenvalue weighted by Crippen LogP contribution is 2.17. The van der Waals surface area contributed by atoms with E-state index < -0.39 is 0 Å². The molecule has 1 aliphatic heterocycles. The van der Waals surface area contributed by atoms with Crippen LogP contribution in [0.5, 0.6) is 0 Å². The van der Waals surface area contributed by atoms with Crippen molar-refractivity contribution in [2.45, 2.75) is 13.0 Å². The summed E-state index contributed by atoms with van der Waals surface area (Å²) in [4.78, 5) is 31.8. The van der Waals surface area contributed by atoms with Gasteiger partial charge < -0.3 is 16.0 Å². The molecule has 1 unspecified atom stereocenters. The Kier molecular flexibility index (Phi) is 5.27. The van der Waals surface area contributed by atoms with E-state index in [0.29, 0.717) is 38.4 Å². The highest BCUT2D eigenvalue weighted by Gasteiger charge is 2.24. The van der Waals surface area contributed by atoms with Crippen molar-refractivity contribution in [3.05, 3.63) is 16.1 Å². The molecular formula is C13H21N5O2S. The minimum Gasteiger partial charge on any atom is -0.358 e. The lowest BCUT2D eigenvalue weighted by Crippen LogP contribution is -2.50. The van der Waals surface area contributed by atoms with Crippen LogP contribution in [-0.2, 0) is 4.79 Å². The molecule has 0 aliphatic carbocycles. The van der Waals surface area contributed by atoms with Crippen LogP contribution in [0.25, 0.3) is 0 Å². The van der Waals surface area contributed by atoms with Crippen LogP contribution in [0.15, 0.2) is 5.38 Å². The number of nitrogens with zero attached hydrogens (tertiary/aromatic N) is 3. The van der Waals surface area contributed by atoms with E-state index >= 15 is 0 Å². The van der Waals surface area contributed by atoms with Crippen molar-refractivity contribution in [3.63, 3.8) is 0 Å². The van der Waals surface area contributed by atoms with Crippen LogP contribution in [0, 0.1) is 0 Å². The molecule has 2 heterocycles. The summed E-state index contributed by atoms with van der Waals surface area (Å²) >= 11 is 1.41. The van der Waals surface area contributed by atoms with Crippen LogP contribution in [0.2, 0.25) is 0 Å². The molecule has 2 amide bonds. The Labute approximate surface area is 128 Å². The molecule has 0 radical (unpaired) electrons. The Morgan fingerprint density at radius 2 is 2.10 bits per heavy atom. The predicted octanol–water partition coefficient (Wildman–Crippen LogP) is -0.333. The third-order valence-electron chi connectivity index (χ3n) is 3.44. The Hall–Kier alpha value is -1.51. The van der Waals surface area contributed by atoms with Gasteiger partial charge in [-0.15, -0.1) is 11.3 Å². The molecule has 116 valence electrons. The molecule has 0 bridgehead atoms. The van der Waals surface area contributed by atoms with Gasteiger partial charge in [-0.25, -0.2) is 4.98 Å². The number of nitrogens with two attached hydrogens (primary N) is 1. The van der Waals surface area contributed by atoms with Crippen molar-refractivity contribution < 1.29 is 9.59 Å². The molecule has 8 heteroatoms. The second kappa shape index (κ2) is 6.97. The number of rotatable bonds is 4. The van der Waals surface area contributed by atoms with Crippen molar-refractivity contribution in [1.29, 1.82) is 0 Å². The fourth-order valence-corrected chi connectivity index (χ4v) is 2.90. The number of nitrogens with one attached hydrogen (secondary N) is 1. The van der Waals surface area contributed by atoms with Gasteiger partial charge in [-0.05, 0) is 6.92 Å². The molecule has 3 N–H and O–H groups in total. The lowest BCUT2D eigenvalue weighted by molar-refractivity contribution is -0.122. The largest absolute Gasteiger partial charge is 0.358 e. The average Bonchev–Trinajstić information content (AvgIpc) is 2.97. The first-order valence-corrected chi connectivity index (χ1v) is 7.82. The lowest BCUT2D eigenvalue weighted by Gasteiger charge is -2.33. The van der Waals surface area contributed by atoms with Crippen LogP contribution in [0.3, 0.4) is 0 Å². The summed E-state index contributed by atoms with van der Waals surface area (Å²) in [5.74, 6) is -0.0615. The van der Waals surface area contributed by atoms with Crippen LogP contribution in [0.4, 0.5) is 0 Å². The number of piperazine rings is 1. The quantitative estimate of drug-likeness (QED) is 0.794. The maximum atomic E-state index is 12.4. The number of hydrogen-bond acceptors (Lipinski definition) is 6. The van der Waals surface area contributed by atoms with Crippen LogP contribution in [0.1, 0.15) is 28.5 Å². The first kappa shape index (κ1) is 15.9. The molecule has 2 rings (SSSR count). The monoisotopic (exact) mass is 311 g/mol. The van der Waals surface area contributed by atoms with Gasteiger partial charge in [-0.3, -0.25) is 14.5 Å². The third kappa shape index (κ3) is 3.99. The first-order chi connectivity index (χ1) is 10.0. The van der Waals surface area contributed by atoms with Crippen molar-refractivity contribution in [2.75, 3.05) is 39.8 Å². The van der Waals surface area contributed by atoms with E-state index in [-0.39, 0.29) is 17.9 Å². The summed E-state index contributed by atoms with van der Waals surface area (Å²) in [6.45, 7) is 4.85. The van der Waals surface area contributed by atoms with Crippen LogP contribution >= 0.6 is 11.3 Å². The molecular weight excluding hydrogens is 290 g/mol. The smallest absolute Gasteiger partial charge is 0.273 e. The molecule has 7 nitrogen and oxygen atoms in total. The maximum absolute atomic E-state index is 12.4. The number of carbonyl (C=O) groups excluding carboxylic acids is 2. The van der Waals surface area contributed by atoms with E-state index in [1.54, 1.807) is 17.3 Å². The Morgan fingerprint density at radius 3 is 2.62 bits per heavy atom. The number of aromatic nitrogens is 1. The van der Waals surface area contributed by atoms with Crippen LogP contribution in [-0.4, -0.2) is 66.4 Å². The van der Waals surface area contributed by atoms with Gasteiger partial charge >= 0.3 is 0 Å². The van der Waals surface area contributed by atoms with Gasteiger partial charge in [0.1, 0.15) is 10.7 Å². The number of amides is 2. The lowest BCUT2D eigenvalue weighted by atomic mass is 10.3. The van der Waals surface area contributed by atoms with E-state index in [9.17, 15) is 9.59 Å². The molecule has 1 aliphatic rings. The van der Waals surface area contributed by atoms with E-state index in [4.69, 9.17) is 5.73 Å². The Balaban J connectivity index is 1.89. The number of carbonyl (C=O) groups is 2. The maximum Gasteiger partial charge on any atom is 0.273 e. The van der Waals surface area contributed by atoms with Gasteiger partial charge in [0.25, 0.3) is 5.91 Å². The Morgan fingerprint density at radius 1 is 1.43 bits per heavy atom. The van der Waals surface area contributed by atoms with E-state index in [0.717, 1.165) is 5.01 Å². The molecule has 1 aromatic heterocycles. The van der Waals surface area contributed by atoms with E-state index in [2.05, 4.69) is 10.3 Å². The summed E-state index contributed by atoms with van der Waals surface area (Å²) in [6.07, 6.45) is 0. The van der Waals surface area contributed by atoms with E-state index in [1.165, 1.54) is 11.3 Å². The second-order valence-electron chi connectivity index (χ2n) is 5.10. The molecule has 1 saturated heterocycles. The molecule has 1 fully saturated rings. The fourth-order valence-electron chi connectivity index (χ4n) is 2.15. The van der Waals surface area contributed by atoms with Crippen LogP contribution < -0.4 is 11.1 Å². The van der Waals surface area contributed by atoms with Crippen molar-refractivity contribution in [1.82, 2.24) is 20.1 Å². The summed E-state index contributed by atoms with van der Waals surface area (Å²) in [7, 11) is 1.63. The first-order valence-electron chi connectivity index (χ1n) is 6.94. The van der Waals surface area contributed by atoms with E-state index in [1.807, 2.05) is 11.8 Å².